The van der Waals surface area contributed by atoms with Gasteiger partial charge in [0.15, 0.2) is 5.78 Å². The number of carbonyl (C=O) groups is 2. The van der Waals surface area contributed by atoms with E-state index in [-0.39, 0.29) is 24.2 Å². The van der Waals surface area contributed by atoms with E-state index in [2.05, 4.69) is 5.32 Å². The smallest absolute Gasteiger partial charge is 0.236 e. The van der Waals surface area contributed by atoms with Crippen molar-refractivity contribution in [2.75, 3.05) is 13.2 Å². The molecule has 1 fully saturated rings. The lowest BCUT2D eigenvalue weighted by Crippen LogP contribution is -2.53. The van der Waals surface area contributed by atoms with Crippen LogP contribution in [-0.4, -0.2) is 29.9 Å². The molecule has 2 N–H and O–H groups in total. The maximum absolute atomic E-state index is 12.0. The fourth-order valence-electron chi connectivity index (χ4n) is 1.95. The summed E-state index contributed by atoms with van der Waals surface area (Å²) in [6, 6.07) is 0. The number of ketones is 1. The van der Waals surface area contributed by atoms with Crippen molar-refractivity contribution in [3.63, 3.8) is 0 Å². The monoisotopic (exact) mass is 213 g/mol. The highest BCUT2D eigenvalue weighted by molar-refractivity contribution is 6.06. The molecule has 1 unspecified atom stereocenters. The minimum Gasteiger partial charge on any atom is -0.395 e. The SMILES string of the molecule is CC(C)CC(=O)C1(CO)CCCNC1=O. The van der Waals surface area contributed by atoms with Crippen molar-refractivity contribution in [3.05, 3.63) is 0 Å². The molecule has 0 bridgehead atoms. The van der Waals surface area contributed by atoms with Gasteiger partial charge in [-0.3, -0.25) is 9.59 Å². The van der Waals surface area contributed by atoms with Gasteiger partial charge in [-0.15, -0.1) is 0 Å². The number of carbonyl (C=O) groups excluding carboxylic acids is 2. The van der Waals surface area contributed by atoms with Crippen LogP contribution >= 0.6 is 0 Å². The summed E-state index contributed by atoms with van der Waals surface area (Å²) in [6.45, 7) is 4.10. The van der Waals surface area contributed by atoms with Gasteiger partial charge in [-0.25, -0.2) is 0 Å². The Balaban J connectivity index is 2.82. The zero-order valence-electron chi connectivity index (χ0n) is 9.38. The van der Waals surface area contributed by atoms with Gasteiger partial charge in [-0.2, -0.15) is 0 Å². The predicted molar refractivity (Wildman–Crippen MR) is 56.2 cm³/mol. The van der Waals surface area contributed by atoms with E-state index < -0.39 is 5.41 Å². The van der Waals surface area contributed by atoms with E-state index in [0.29, 0.717) is 19.4 Å². The molecule has 4 nitrogen and oxygen atoms in total. The first-order valence-electron chi connectivity index (χ1n) is 5.45. The largest absolute Gasteiger partial charge is 0.395 e. The first kappa shape index (κ1) is 12.2. The van der Waals surface area contributed by atoms with Gasteiger partial charge < -0.3 is 10.4 Å². The lowest BCUT2D eigenvalue weighted by atomic mass is 9.74. The van der Waals surface area contributed by atoms with E-state index in [4.69, 9.17) is 0 Å². The van der Waals surface area contributed by atoms with Crippen molar-refractivity contribution in [2.45, 2.75) is 33.1 Å². The van der Waals surface area contributed by atoms with Crippen molar-refractivity contribution in [1.82, 2.24) is 5.32 Å². The number of aliphatic hydroxyl groups excluding tert-OH is 1. The van der Waals surface area contributed by atoms with Crippen LogP contribution in [0.4, 0.5) is 0 Å². The lowest BCUT2D eigenvalue weighted by Gasteiger charge is -2.33. The molecule has 1 saturated heterocycles. The molecular weight excluding hydrogens is 194 g/mol. The van der Waals surface area contributed by atoms with Crippen molar-refractivity contribution in [1.29, 1.82) is 0 Å². The molecule has 1 rings (SSSR count). The van der Waals surface area contributed by atoms with Crippen LogP contribution in [0.15, 0.2) is 0 Å². The van der Waals surface area contributed by atoms with E-state index in [9.17, 15) is 14.7 Å². The molecule has 1 aliphatic rings. The lowest BCUT2D eigenvalue weighted by molar-refractivity contribution is -0.148. The summed E-state index contributed by atoms with van der Waals surface area (Å²) in [4.78, 5) is 23.6. The molecule has 0 spiro atoms. The standard InChI is InChI=1S/C11H19NO3/c1-8(2)6-9(14)11(7-13)4-3-5-12-10(11)15/h8,13H,3-7H2,1-2H3,(H,12,15). The number of nitrogens with one attached hydrogen (secondary N) is 1. The Morgan fingerprint density at radius 3 is 2.73 bits per heavy atom. The van der Waals surface area contributed by atoms with Crippen LogP contribution in [0.2, 0.25) is 0 Å². The number of hydrogen-bond acceptors (Lipinski definition) is 3. The Bertz CT molecular complexity index is 263. The van der Waals surface area contributed by atoms with E-state index in [0.717, 1.165) is 6.42 Å². The summed E-state index contributed by atoms with van der Waals surface area (Å²) in [6.07, 6.45) is 1.59. The maximum Gasteiger partial charge on any atom is 0.236 e. The molecule has 0 saturated carbocycles. The van der Waals surface area contributed by atoms with Gasteiger partial charge >= 0.3 is 0 Å². The molecular formula is C11H19NO3. The van der Waals surface area contributed by atoms with Crippen molar-refractivity contribution in [3.8, 4) is 0 Å². The summed E-state index contributed by atoms with van der Waals surface area (Å²) >= 11 is 0. The maximum atomic E-state index is 12.0. The quantitative estimate of drug-likeness (QED) is 0.668. The fourth-order valence-corrected chi connectivity index (χ4v) is 1.95. The van der Waals surface area contributed by atoms with Crippen molar-refractivity contribution >= 4 is 11.7 Å². The van der Waals surface area contributed by atoms with E-state index >= 15 is 0 Å². The van der Waals surface area contributed by atoms with Gasteiger partial charge in [0.2, 0.25) is 5.91 Å². The molecule has 0 aromatic rings. The highest BCUT2D eigenvalue weighted by atomic mass is 16.3. The van der Waals surface area contributed by atoms with Crippen LogP contribution in [0.25, 0.3) is 0 Å². The average Bonchev–Trinajstić information content (AvgIpc) is 2.17. The Labute approximate surface area is 90.0 Å². The Hall–Kier alpha value is -0.900. The highest BCUT2D eigenvalue weighted by Gasteiger charge is 2.45. The summed E-state index contributed by atoms with van der Waals surface area (Å²) < 4.78 is 0. The van der Waals surface area contributed by atoms with E-state index in [1.54, 1.807) is 0 Å². The third-order valence-corrected chi connectivity index (χ3v) is 2.90. The predicted octanol–water partition coefficient (Wildman–Crippen LogP) is 0.490. The molecule has 1 amide bonds. The van der Waals surface area contributed by atoms with Gasteiger partial charge in [-0.1, -0.05) is 13.8 Å². The molecule has 4 heteroatoms. The van der Waals surface area contributed by atoms with Gasteiger partial charge in [0.25, 0.3) is 0 Å². The third kappa shape index (κ3) is 2.37. The van der Waals surface area contributed by atoms with Crippen LogP contribution in [0.1, 0.15) is 33.1 Å². The molecule has 86 valence electrons. The average molecular weight is 213 g/mol. The van der Waals surface area contributed by atoms with Crippen LogP contribution < -0.4 is 5.32 Å². The third-order valence-electron chi connectivity index (χ3n) is 2.90. The van der Waals surface area contributed by atoms with Gasteiger partial charge in [0, 0.05) is 13.0 Å². The fraction of sp³-hybridized carbons (Fsp3) is 0.818. The Morgan fingerprint density at radius 2 is 2.27 bits per heavy atom. The topological polar surface area (TPSA) is 66.4 Å². The van der Waals surface area contributed by atoms with Gasteiger partial charge in [0.05, 0.1) is 6.61 Å². The molecule has 0 aromatic carbocycles. The van der Waals surface area contributed by atoms with Crippen molar-refractivity contribution in [2.24, 2.45) is 11.3 Å². The number of aliphatic hydroxyl groups is 1. The summed E-state index contributed by atoms with van der Waals surface area (Å²) in [5.74, 6) is -0.213. The van der Waals surface area contributed by atoms with Gasteiger partial charge in [-0.05, 0) is 18.8 Å². The number of rotatable bonds is 4. The first-order chi connectivity index (χ1) is 7.03. The molecule has 1 heterocycles. The van der Waals surface area contributed by atoms with E-state index in [1.165, 1.54) is 0 Å². The van der Waals surface area contributed by atoms with Crippen LogP contribution in [0.5, 0.6) is 0 Å². The van der Waals surface area contributed by atoms with Crippen LogP contribution in [0.3, 0.4) is 0 Å². The summed E-state index contributed by atoms with van der Waals surface area (Å²) in [5.41, 5.74) is -1.16. The second kappa shape index (κ2) is 4.75. The summed E-state index contributed by atoms with van der Waals surface area (Å²) in [7, 11) is 0. The zero-order chi connectivity index (χ0) is 11.5. The normalized spacial score (nSPS) is 26.5. The number of hydrogen-bond donors (Lipinski definition) is 2. The number of piperidine rings is 1. The molecule has 1 atom stereocenters. The van der Waals surface area contributed by atoms with Crippen LogP contribution in [-0.2, 0) is 9.59 Å². The first-order valence-corrected chi connectivity index (χ1v) is 5.45. The Kier molecular flexibility index (Phi) is 3.85. The molecule has 1 aliphatic heterocycles. The van der Waals surface area contributed by atoms with Crippen molar-refractivity contribution < 1.29 is 14.7 Å². The molecule has 0 aliphatic carbocycles. The molecule has 15 heavy (non-hydrogen) atoms. The minimum atomic E-state index is -1.16. The second-order valence-electron chi connectivity index (χ2n) is 4.62. The van der Waals surface area contributed by atoms with Gasteiger partial charge in [0.1, 0.15) is 5.41 Å². The highest BCUT2D eigenvalue weighted by Crippen LogP contribution is 2.30. The number of Topliss-reactive ketones (excluding diaryl/α,β-unsaturated/α-hetero) is 1. The molecule has 0 aromatic heterocycles. The van der Waals surface area contributed by atoms with Crippen LogP contribution in [0, 0.1) is 11.3 Å². The molecule has 0 radical (unpaired) electrons. The summed E-state index contributed by atoms with van der Waals surface area (Å²) in [5, 5.41) is 12.0. The van der Waals surface area contributed by atoms with E-state index in [1.807, 2.05) is 13.8 Å². The number of amides is 1. The Morgan fingerprint density at radius 1 is 1.60 bits per heavy atom. The minimum absolute atomic E-state index is 0.128. The second-order valence-corrected chi connectivity index (χ2v) is 4.62. The zero-order valence-corrected chi connectivity index (χ0v) is 9.38.